The minimum Gasteiger partial charge on any atom is -0.493 e. The highest BCUT2D eigenvalue weighted by molar-refractivity contribution is 6.01. The van der Waals surface area contributed by atoms with Crippen LogP contribution in [0.4, 0.5) is 0 Å². The third kappa shape index (κ3) is 3.59. The third-order valence-electron chi connectivity index (χ3n) is 3.49. The maximum atomic E-state index is 12.4. The normalized spacial score (nSPS) is 15.8. The van der Waals surface area contributed by atoms with E-state index in [1.165, 1.54) is 0 Å². The highest BCUT2D eigenvalue weighted by atomic mass is 16.5. The van der Waals surface area contributed by atoms with Crippen LogP contribution in [0.25, 0.3) is 0 Å². The van der Waals surface area contributed by atoms with E-state index in [-0.39, 0.29) is 18.2 Å². The number of hydrogen-bond acceptors (Lipinski definition) is 3. The molecule has 0 radical (unpaired) electrons. The summed E-state index contributed by atoms with van der Waals surface area (Å²) in [5.74, 6) is 0.635. The number of benzene rings is 1. The van der Waals surface area contributed by atoms with Crippen LogP contribution in [-0.2, 0) is 4.79 Å². The molecule has 1 aromatic rings. The number of ether oxygens (including phenoxy) is 1. The second-order valence-corrected chi connectivity index (χ2v) is 4.98. The Balaban J connectivity index is 2.09. The lowest BCUT2D eigenvalue weighted by Crippen LogP contribution is -2.35. The number of para-hydroxylation sites is 1. The molecular formula is C16H21NO3. The molecular weight excluding hydrogens is 254 g/mol. The van der Waals surface area contributed by atoms with Crippen molar-refractivity contribution in [1.82, 2.24) is 4.90 Å². The van der Waals surface area contributed by atoms with Crippen LogP contribution in [0.1, 0.15) is 43.0 Å². The molecule has 2 rings (SSSR count). The van der Waals surface area contributed by atoms with Crippen LogP contribution in [-0.4, -0.2) is 36.3 Å². The zero-order valence-corrected chi connectivity index (χ0v) is 11.9. The van der Waals surface area contributed by atoms with Crippen molar-refractivity contribution in [2.45, 2.75) is 32.6 Å². The van der Waals surface area contributed by atoms with Crippen LogP contribution in [0.3, 0.4) is 0 Å². The molecule has 0 aliphatic carbocycles. The maximum absolute atomic E-state index is 12.4. The molecule has 1 fully saturated rings. The highest BCUT2D eigenvalue weighted by Crippen LogP contribution is 2.20. The molecule has 4 nitrogen and oxygen atoms in total. The summed E-state index contributed by atoms with van der Waals surface area (Å²) >= 11 is 0. The van der Waals surface area contributed by atoms with Gasteiger partial charge in [0.25, 0.3) is 0 Å². The first-order valence-electron chi connectivity index (χ1n) is 7.25. The molecule has 0 unspecified atom stereocenters. The molecule has 0 atom stereocenters. The van der Waals surface area contributed by atoms with Gasteiger partial charge in [0.15, 0.2) is 5.78 Å². The number of Topliss-reactive ketones (excluding diaryl/α,β-unsaturated/α-hetero) is 1. The molecule has 1 amide bonds. The van der Waals surface area contributed by atoms with E-state index in [0.29, 0.717) is 30.9 Å². The first kappa shape index (κ1) is 14.6. The van der Waals surface area contributed by atoms with Gasteiger partial charge < -0.3 is 9.64 Å². The van der Waals surface area contributed by atoms with Crippen molar-refractivity contribution in [1.29, 1.82) is 0 Å². The summed E-state index contributed by atoms with van der Waals surface area (Å²) in [7, 11) is 0. The number of carbonyl (C=O) groups is 2. The average Bonchev–Trinajstić information content (AvgIpc) is 2.65. The van der Waals surface area contributed by atoms with Crippen LogP contribution in [0.5, 0.6) is 5.75 Å². The summed E-state index contributed by atoms with van der Waals surface area (Å²) in [5.41, 5.74) is 0.561. The number of ketones is 1. The predicted octanol–water partition coefficient (Wildman–Crippen LogP) is 2.67. The van der Waals surface area contributed by atoms with Crippen molar-refractivity contribution in [3.05, 3.63) is 29.8 Å². The van der Waals surface area contributed by atoms with Crippen molar-refractivity contribution in [3.8, 4) is 5.75 Å². The molecule has 0 spiro atoms. The minimum absolute atomic E-state index is 0.0516. The van der Waals surface area contributed by atoms with E-state index >= 15 is 0 Å². The lowest BCUT2D eigenvalue weighted by Gasteiger charge is -2.20. The van der Waals surface area contributed by atoms with Gasteiger partial charge in [0, 0.05) is 13.0 Å². The quantitative estimate of drug-likeness (QED) is 0.776. The standard InChI is InChI=1S/C16H21NO3/c1-2-20-15-9-6-5-8-13(15)14(18)12-17-11-7-3-4-10-16(17)19/h5-6,8-9H,2-4,7,10-12H2,1H3. The van der Waals surface area contributed by atoms with Gasteiger partial charge in [-0.25, -0.2) is 0 Å². The molecule has 1 saturated heterocycles. The fourth-order valence-corrected chi connectivity index (χ4v) is 2.44. The molecule has 0 bridgehead atoms. The van der Waals surface area contributed by atoms with Crippen molar-refractivity contribution in [3.63, 3.8) is 0 Å². The van der Waals surface area contributed by atoms with E-state index in [1.807, 2.05) is 19.1 Å². The van der Waals surface area contributed by atoms with Crippen LogP contribution in [0.15, 0.2) is 24.3 Å². The molecule has 1 aromatic carbocycles. The van der Waals surface area contributed by atoms with Gasteiger partial charge in [-0.1, -0.05) is 18.6 Å². The number of carbonyl (C=O) groups excluding carboxylic acids is 2. The summed E-state index contributed by atoms with van der Waals surface area (Å²) in [5, 5.41) is 0. The Labute approximate surface area is 119 Å². The predicted molar refractivity (Wildman–Crippen MR) is 77.0 cm³/mol. The Morgan fingerprint density at radius 2 is 2.05 bits per heavy atom. The second kappa shape index (κ2) is 7.08. The lowest BCUT2D eigenvalue weighted by atomic mass is 10.1. The minimum atomic E-state index is -0.0516. The highest BCUT2D eigenvalue weighted by Gasteiger charge is 2.21. The topological polar surface area (TPSA) is 46.6 Å². The second-order valence-electron chi connectivity index (χ2n) is 4.98. The Morgan fingerprint density at radius 3 is 2.85 bits per heavy atom. The largest absolute Gasteiger partial charge is 0.493 e. The first-order valence-corrected chi connectivity index (χ1v) is 7.25. The fraction of sp³-hybridized carbons (Fsp3) is 0.500. The third-order valence-corrected chi connectivity index (χ3v) is 3.49. The van der Waals surface area contributed by atoms with E-state index in [9.17, 15) is 9.59 Å². The van der Waals surface area contributed by atoms with Crippen LogP contribution >= 0.6 is 0 Å². The molecule has 20 heavy (non-hydrogen) atoms. The lowest BCUT2D eigenvalue weighted by molar-refractivity contribution is -0.130. The zero-order valence-electron chi connectivity index (χ0n) is 11.9. The number of hydrogen-bond donors (Lipinski definition) is 0. The molecule has 1 aliphatic rings. The van der Waals surface area contributed by atoms with Crippen molar-refractivity contribution >= 4 is 11.7 Å². The SMILES string of the molecule is CCOc1ccccc1C(=O)CN1CCCCCC1=O. The zero-order chi connectivity index (χ0) is 14.4. The van der Waals surface area contributed by atoms with Gasteiger partial charge in [-0.05, 0) is 31.9 Å². The van der Waals surface area contributed by atoms with Crippen LogP contribution < -0.4 is 4.74 Å². The number of rotatable bonds is 5. The fourth-order valence-electron chi connectivity index (χ4n) is 2.44. The van der Waals surface area contributed by atoms with E-state index in [0.717, 1.165) is 19.3 Å². The Hall–Kier alpha value is -1.84. The van der Waals surface area contributed by atoms with Gasteiger partial charge in [0.1, 0.15) is 5.75 Å². The van der Waals surface area contributed by atoms with Gasteiger partial charge >= 0.3 is 0 Å². The molecule has 0 aromatic heterocycles. The van der Waals surface area contributed by atoms with Gasteiger partial charge in [-0.3, -0.25) is 9.59 Å². The van der Waals surface area contributed by atoms with Gasteiger partial charge in [0.05, 0.1) is 18.7 Å². The summed E-state index contributed by atoms with van der Waals surface area (Å²) in [6, 6.07) is 7.22. The van der Waals surface area contributed by atoms with Gasteiger partial charge in [-0.2, -0.15) is 0 Å². The van der Waals surface area contributed by atoms with Crippen LogP contribution in [0, 0.1) is 0 Å². The van der Waals surface area contributed by atoms with Gasteiger partial charge in [-0.15, -0.1) is 0 Å². The molecule has 1 heterocycles. The molecule has 4 heteroatoms. The Kier molecular flexibility index (Phi) is 5.16. The number of likely N-dealkylation sites (tertiary alicyclic amines) is 1. The van der Waals surface area contributed by atoms with Gasteiger partial charge in [0.2, 0.25) is 5.91 Å². The molecule has 0 saturated carbocycles. The van der Waals surface area contributed by atoms with E-state index < -0.39 is 0 Å². The summed E-state index contributed by atoms with van der Waals surface area (Å²) in [6.45, 7) is 3.25. The van der Waals surface area contributed by atoms with E-state index in [1.54, 1.807) is 17.0 Å². The van der Waals surface area contributed by atoms with Crippen molar-refractivity contribution in [2.24, 2.45) is 0 Å². The monoisotopic (exact) mass is 275 g/mol. The molecule has 1 aliphatic heterocycles. The maximum Gasteiger partial charge on any atom is 0.222 e. The first-order chi connectivity index (χ1) is 9.72. The number of nitrogens with zero attached hydrogens (tertiary/aromatic N) is 1. The number of amides is 1. The summed E-state index contributed by atoms with van der Waals surface area (Å²) < 4.78 is 5.47. The molecule has 108 valence electrons. The van der Waals surface area contributed by atoms with E-state index in [2.05, 4.69) is 0 Å². The average molecular weight is 275 g/mol. The summed E-state index contributed by atoms with van der Waals surface area (Å²) in [4.78, 5) is 26.0. The Morgan fingerprint density at radius 1 is 1.25 bits per heavy atom. The van der Waals surface area contributed by atoms with Crippen molar-refractivity contribution in [2.75, 3.05) is 19.7 Å². The Bertz CT molecular complexity index is 484. The smallest absolute Gasteiger partial charge is 0.222 e. The molecule has 0 N–H and O–H groups in total. The van der Waals surface area contributed by atoms with Crippen molar-refractivity contribution < 1.29 is 14.3 Å². The van der Waals surface area contributed by atoms with E-state index in [4.69, 9.17) is 4.74 Å². The van der Waals surface area contributed by atoms with Crippen LogP contribution in [0.2, 0.25) is 0 Å². The summed E-state index contributed by atoms with van der Waals surface area (Å²) in [6.07, 6.45) is 3.53.